The molecular formula is C9H10N2. The zero-order valence-corrected chi connectivity index (χ0v) is 6.17. The van der Waals surface area contributed by atoms with Gasteiger partial charge in [0, 0.05) is 6.42 Å². The average Bonchev–Trinajstić information content (AvgIpc) is 1.98. The van der Waals surface area contributed by atoms with Gasteiger partial charge in [-0.2, -0.15) is 0 Å². The molecule has 0 fully saturated rings. The van der Waals surface area contributed by atoms with Crippen molar-refractivity contribution in [2.75, 3.05) is 11.5 Å². The van der Waals surface area contributed by atoms with Gasteiger partial charge in [0.2, 0.25) is 0 Å². The molecule has 0 radical (unpaired) electrons. The third-order valence-electron chi connectivity index (χ3n) is 1.46. The van der Waals surface area contributed by atoms with Gasteiger partial charge in [0.1, 0.15) is 0 Å². The second kappa shape index (κ2) is 2.98. The molecule has 2 heteroatoms. The topological polar surface area (TPSA) is 52.0 Å². The van der Waals surface area contributed by atoms with Crippen LogP contribution in [-0.2, 0) is 6.42 Å². The van der Waals surface area contributed by atoms with Gasteiger partial charge in [-0.25, -0.2) is 0 Å². The fourth-order valence-corrected chi connectivity index (χ4v) is 0.852. The molecule has 0 aliphatic rings. The Kier molecular flexibility index (Phi) is 2.03. The number of nitrogens with two attached hydrogens (primary N) is 2. The smallest absolute Gasteiger partial charge is 0.0550 e. The second-order valence-electron chi connectivity index (χ2n) is 2.34. The minimum Gasteiger partial charge on any atom is -0.397 e. The van der Waals surface area contributed by atoms with Crippen LogP contribution in [0.5, 0.6) is 0 Å². The molecular weight excluding hydrogens is 136 g/mol. The SMILES string of the molecule is C#CCc1ccc(N)c(N)c1. The Morgan fingerprint density at radius 1 is 1.27 bits per heavy atom. The number of hydrogen-bond acceptors (Lipinski definition) is 2. The molecule has 56 valence electrons. The second-order valence-corrected chi connectivity index (χ2v) is 2.34. The lowest BCUT2D eigenvalue weighted by Crippen LogP contribution is -1.95. The van der Waals surface area contributed by atoms with E-state index in [9.17, 15) is 0 Å². The van der Waals surface area contributed by atoms with Crippen LogP contribution in [0.2, 0.25) is 0 Å². The number of rotatable bonds is 1. The Morgan fingerprint density at radius 3 is 2.55 bits per heavy atom. The monoisotopic (exact) mass is 146 g/mol. The van der Waals surface area contributed by atoms with Crippen LogP contribution >= 0.6 is 0 Å². The predicted octanol–water partition coefficient (Wildman–Crippen LogP) is 1.03. The van der Waals surface area contributed by atoms with Crippen LogP contribution in [0.25, 0.3) is 0 Å². The fourth-order valence-electron chi connectivity index (χ4n) is 0.852. The number of anilines is 2. The fraction of sp³-hybridized carbons (Fsp3) is 0.111. The van der Waals surface area contributed by atoms with E-state index in [0.717, 1.165) is 5.56 Å². The Balaban J connectivity index is 2.98. The number of hydrogen-bond donors (Lipinski definition) is 2. The summed E-state index contributed by atoms with van der Waals surface area (Å²) in [5.74, 6) is 2.53. The van der Waals surface area contributed by atoms with Crippen molar-refractivity contribution in [2.24, 2.45) is 0 Å². The predicted molar refractivity (Wildman–Crippen MR) is 47.8 cm³/mol. The molecule has 0 bridgehead atoms. The Bertz CT molecular complexity index is 297. The summed E-state index contributed by atoms with van der Waals surface area (Å²) in [7, 11) is 0. The first-order valence-corrected chi connectivity index (χ1v) is 3.31. The molecule has 0 atom stereocenters. The Labute approximate surface area is 66.2 Å². The van der Waals surface area contributed by atoms with Crippen molar-refractivity contribution < 1.29 is 0 Å². The summed E-state index contributed by atoms with van der Waals surface area (Å²) in [6.07, 6.45) is 5.73. The summed E-state index contributed by atoms with van der Waals surface area (Å²) >= 11 is 0. The lowest BCUT2D eigenvalue weighted by Gasteiger charge is -2.00. The van der Waals surface area contributed by atoms with Crippen molar-refractivity contribution in [2.45, 2.75) is 6.42 Å². The Morgan fingerprint density at radius 2 is 2.00 bits per heavy atom. The van der Waals surface area contributed by atoms with Crippen molar-refractivity contribution in [1.82, 2.24) is 0 Å². The Hall–Kier alpha value is -1.62. The van der Waals surface area contributed by atoms with Crippen LogP contribution < -0.4 is 11.5 Å². The van der Waals surface area contributed by atoms with E-state index >= 15 is 0 Å². The van der Waals surface area contributed by atoms with Crippen LogP contribution in [0, 0.1) is 12.3 Å². The van der Waals surface area contributed by atoms with Gasteiger partial charge in [-0.1, -0.05) is 6.07 Å². The van der Waals surface area contributed by atoms with Crippen LogP contribution in [0.4, 0.5) is 11.4 Å². The van der Waals surface area contributed by atoms with E-state index in [1.807, 2.05) is 6.07 Å². The molecule has 1 aromatic rings. The molecule has 0 saturated heterocycles. The maximum absolute atomic E-state index is 5.56. The zero-order chi connectivity index (χ0) is 8.27. The highest BCUT2D eigenvalue weighted by Crippen LogP contribution is 2.15. The molecule has 0 aromatic heterocycles. The highest BCUT2D eigenvalue weighted by atomic mass is 14.7. The van der Waals surface area contributed by atoms with Crippen LogP contribution in [0.15, 0.2) is 18.2 Å². The van der Waals surface area contributed by atoms with E-state index in [-0.39, 0.29) is 0 Å². The average molecular weight is 146 g/mol. The van der Waals surface area contributed by atoms with Gasteiger partial charge < -0.3 is 11.5 Å². The summed E-state index contributed by atoms with van der Waals surface area (Å²) in [4.78, 5) is 0. The first kappa shape index (κ1) is 7.49. The van der Waals surface area contributed by atoms with Crippen molar-refractivity contribution >= 4 is 11.4 Å². The molecule has 1 aromatic carbocycles. The quantitative estimate of drug-likeness (QED) is 0.459. The highest BCUT2D eigenvalue weighted by molar-refractivity contribution is 5.64. The summed E-state index contributed by atoms with van der Waals surface area (Å²) in [5.41, 5.74) is 13.3. The molecule has 0 saturated carbocycles. The van der Waals surface area contributed by atoms with Crippen LogP contribution in [0.1, 0.15) is 5.56 Å². The molecule has 4 N–H and O–H groups in total. The summed E-state index contributed by atoms with van der Waals surface area (Å²) in [6.45, 7) is 0. The third kappa shape index (κ3) is 1.65. The molecule has 11 heavy (non-hydrogen) atoms. The first-order valence-electron chi connectivity index (χ1n) is 3.31. The van der Waals surface area contributed by atoms with Gasteiger partial charge in [0.25, 0.3) is 0 Å². The first-order chi connectivity index (χ1) is 5.24. The minimum atomic E-state index is 0.595. The van der Waals surface area contributed by atoms with E-state index in [1.54, 1.807) is 12.1 Å². The number of benzene rings is 1. The van der Waals surface area contributed by atoms with Crippen molar-refractivity contribution in [1.29, 1.82) is 0 Å². The largest absolute Gasteiger partial charge is 0.397 e. The van der Waals surface area contributed by atoms with Gasteiger partial charge in [0.05, 0.1) is 11.4 Å². The molecule has 0 amide bonds. The molecule has 0 unspecified atom stereocenters. The van der Waals surface area contributed by atoms with Crippen molar-refractivity contribution in [3.05, 3.63) is 23.8 Å². The number of nitrogen functional groups attached to an aromatic ring is 2. The standard InChI is InChI=1S/C9H10N2/c1-2-3-7-4-5-8(10)9(11)6-7/h1,4-6H,3,10-11H2. The summed E-state index contributed by atoms with van der Waals surface area (Å²) in [6, 6.07) is 5.45. The van der Waals surface area contributed by atoms with Gasteiger partial charge in [-0.3, -0.25) is 0 Å². The molecule has 1 rings (SSSR count). The maximum atomic E-state index is 5.56. The highest BCUT2D eigenvalue weighted by Gasteiger charge is 1.94. The minimum absolute atomic E-state index is 0.595. The lowest BCUT2D eigenvalue weighted by molar-refractivity contribution is 1.32. The van der Waals surface area contributed by atoms with E-state index in [4.69, 9.17) is 17.9 Å². The lowest BCUT2D eigenvalue weighted by atomic mass is 10.1. The summed E-state index contributed by atoms with van der Waals surface area (Å²) < 4.78 is 0. The van der Waals surface area contributed by atoms with Crippen LogP contribution in [0.3, 0.4) is 0 Å². The van der Waals surface area contributed by atoms with Crippen LogP contribution in [-0.4, -0.2) is 0 Å². The van der Waals surface area contributed by atoms with E-state index in [0.29, 0.717) is 17.8 Å². The molecule has 0 spiro atoms. The van der Waals surface area contributed by atoms with E-state index < -0.39 is 0 Å². The van der Waals surface area contributed by atoms with Gasteiger partial charge >= 0.3 is 0 Å². The maximum Gasteiger partial charge on any atom is 0.0550 e. The van der Waals surface area contributed by atoms with Crippen molar-refractivity contribution in [3.8, 4) is 12.3 Å². The molecule has 0 heterocycles. The van der Waals surface area contributed by atoms with E-state index in [1.165, 1.54) is 0 Å². The zero-order valence-electron chi connectivity index (χ0n) is 6.17. The van der Waals surface area contributed by atoms with E-state index in [2.05, 4.69) is 5.92 Å². The normalized spacial score (nSPS) is 9.00. The van der Waals surface area contributed by atoms with Gasteiger partial charge in [-0.15, -0.1) is 12.3 Å². The summed E-state index contributed by atoms with van der Waals surface area (Å²) in [5, 5.41) is 0. The molecule has 0 aliphatic heterocycles. The van der Waals surface area contributed by atoms with Gasteiger partial charge in [-0.05, 0) is 17.7 Å². The molecule has 2 nitrogen and oxygen atoms in total. The van der Waals surface area contributed by atoms with Crippen molar-refractivity contribution in [3.63, 3.8) is 0 Å². The third-order valence-corrected chi connectivity index (χ3v) is 1.46. The number of terminal acetylenes is 1. The van der Waals surface area contributed by atoms with Gasteiger partial charge in [0.15, 0.2) is 0 Å². The molecule has 0 aliphatic carbocycles.